The van der Waals surface area contributed by atoms with Crippen LogP contribution < -0.4 is 16.0 Å². The van der Waals surface area contributed by atoms with Crippen LogP contribution in [-0.2, 0) is 4.79 Å². The van der Waals surface area contributed by atoms with Crippen LogP contribution in [0.4, 0.5) is 5.69 Å². The van der Waals surface area contributed by atoms with E-state index < -0.39 is 10.9 Å². The van der Waals surface area contributed by atoms with Gasteiger partial charge in [0.1, 0.15) is 0 Å². The average Bonchev–Trinajstić information content (AvgIpc) is 2.38. The van der Waals surface area contributed by atoms with E-state index >= 15 is 0 Å². The summed E-state index contributed by atoms with van der Waals surface area (Å²) in [6, 6.07) is 6.52. The molecule has 0 aliphatic rings. The summed E-state index contributed by atoms with van der Waals surface area (Å²) >= 11 is 16.4. The molecule has 8 heteroatoms. The largest absolute Gasteiger partial charge is 0.333 e. The summed E-state index contributed by atoms with van der Waals surface area (Å²) in [5, 5.41) is 7.73. The van der Waals surface area contributed by atoms with Gasteiger partial charge in [-0.25, -0.2) is 0 Å². The van der Waals surface area contributed by atoms with Gasteiger partial charge >= 0.3 is 0 Å². The van der Waals surface area contributed by atoms with Crippen molar-refractivity contribution in [2.24, 2.45) is 5.92 Å². The molecule has 1 aromatic carbocycles. The zero-order chi connectivity index (χ0) is 16.0. The summed E-state index contributed by atoms with van der Waals surface area (Å²) in [5.74, 6) is -0.374. The molecule has 114 valence electrons. The van der Waals surface area contributed by atoms with Crippen LogP contribution in [0, 0.1) is 5.92 Å². The lowest BCUT2D eigenvalue weighted by molar-refractivity contribution is -0.124. The van der Waals surface area contributed by atoms with E-state index in [2.05, 4.69) is 16.0 Å². The second kappa shape index (κ2) is 8.17. The number of carbonyl (C=O) groups excluding carboxylic acids is 2. The van der Waals surface area contributed by atoms with E-state index in [-0.39, 0.29) is 16.9 Å². The van der Waals surface area contributed by atoms with Gasteiger partial charge in [0.2, 0.25) is 5.91 Å². The minimum Gasteiger partial charge on any atom is -0.333 e. The minimum atomic E-state index is -0.835. The Morgan fingerprint density at radius 1 is 1.24 bits per heavy atom. The van der Waals surface area contributed by atoms with Crippen LogP contribution >= 0.6 is 35.4 Å². The highest BCUT2D eigenvalue weighted by atomic mass is 35.5. The van der Waals surface area contributed by atoms with E-state index in [0.29, 0.717) is 11.3 Å². The molecule has 1 rings (SSSR count). The van der Waals surface area contributed by atoms with Crippen molar-refractivity contribution in [2.45, 2.75) is 19.5 Å². The highest BCUT2D eigenvalue weighted by Crippen LogP contribution is 2.12. The van der Waals surface area contributed by atoms with Gasteiger partial charge in [-0.3, -0.25) is 9.59 Å². The second-order valence-corrected chi connectivity index (χ2v) is 5.67. The number of carbonyl (C=O) groups is 2. The molecule has 0 heterocycles. The van der Waals surface area contributed by atoms with Crippen molar-refractivity contribution in [3.63, 3.8) is 0 Å². The van der Waals surface area contributed by atoms with Crippen molar-refractivity contribution in [3.05, 3.63) is 29.8 Å². The van der Waals surface area contributed by atoms with E-state index in [4.69, 9.17) is 35.4 Å². The molecule has 0 aliphatic heterocycles. The molecule has 1 unspecified atom stereocenters. The van der Waals surface area contributed by atoms with E-state index in [9.17, 15) is 9.59 Å². The molecule has 1 amide bonds. The van der Waals surface area contributed by atoms with E-state index in [1.54, 1.807) is 38.1 Å². The third-order valence-corrected chi connectivity index (χ3v) is 3.05. The fourth-order valence-electron chi connectivity index (χ4n) is 1.33. The first kappa shape index (κ1) is 17.7. The lowest BCUT2D eigenvalue weighted by Crippen LogP contribution is -2.46. The molecule has 1 atom stereocenters. The first-order chi connectivity index (χ1) is 9.79. The molecule has 0 spiro atoms. The summed E-state index contributed by atoms with van der Waals surface area (Å²) < 4.78 is 0. The van der Waals surface area contributed by atoms with Gasteiger partial charge in [0.25, 0.3) is 5.24 Å². The number of benzene rings is 1. The number of nitrogens with one attached hydrogen (secondary N) is 3. The monoisotopic (exact) mass is 347 g/mol. The highest BCUT2D eigenvalue weighted by molar-refractivity contribution is 7.80. The predicted octanol–water partition coefficient (Wildman–Crippen LogP) is 2.65. The first-order valence-electron chi connectivity index (χ1n) is 6.11. The Kier molecular flexibility index (Phi) is 6.87. The lowest BCUT2D eigenvalue weighted by Gasteiger charge is -2.17. The summed E-state index contributed by atoms with van der Waals surface area (Å²) in [6.45, 7) is 3.51. The number of thiocarbonyl (C=S) groups is 1. The van der Waals surface area contributed by atoms with Crippen molar-refractivity contribution in [1.82, 2.24) is 10.6 Å². The Bertz CT molecular complexity index is 552. The Hall–Kier alpha value is -1.37. The molecule has 0 aromatic heterocycles. The molecular formula is C13H15Cl2N3O2S. The summed E-state index contributed by atoms with van der Waals surface area (Å²) in [7, 11) is 0. The number of hydrogen-bond acceptors (Lipinski definition) is 3. The molecule has 0 bridgehead atoms. The number of alkyl halides is 1. The number of rotatable bonds is 5. The van der Waals surface area contributed by atoms with Crippen molar-refractivity contribution >= 4 is 57.4 Å². The van der Waals surface area contributed by atoms with Gasteiger partial charge in [-0.05, 0) is 42.0 Å². The van der Waals surface area contributed by atoms with Crippen LogP contribution in [0.25, 0.3) is 0 Å². The van der Waals surface area contributed by atoms with Crippen LogP contribution in [-0.4, -0.2) is 21.9 Å². The Morgan fingerprint density at radius 3 is 2.48 bits per heavy atom. The topological polar surface area (TPSA) is 70.2 Å². The van der Waals surface area contributed by atoms with Crippen LogP contribution in [0.1, 0.15) is 24.2 Å². The maximum atomic E-state index is 11.5. The Balaban J connectivity index is 2.55. The average molecular weight is 348 g/mol. The van der Waals surface area contributed by atoms with Crippen LogP contribution in [0.15, 0.2) is 24.3 Å². The third kappa shape index (κ3) is 6.29. The van der Waals surface area contributed by atoms with Crippen molar-refractivity contribution in [1.29, 1.82) is 0 Å². The van der Waals surface area contributed by atoms with Crippen molar-refractivity contribution < 1.29 is 9.59 Å². The number of anilines is 1. The smallest absolute Gasteiger partial charge is 0.252 e. The predicted molar refractivity (Wildman–Crippen MR) is 88.6 cm³/mol. The minimum absolute atomic E-state index is 0.180. The van der Waals surface area contributed by atoms with Gasteiger partial charge in [-0.15, -0.1) is 0 Å². The standard InChI is InChI=1S/C13H15Cl2N3O2S/c1-7(2)11(20)17-12(15)18-13(21)16-9-5-3-4-8(6-9)10(14)19/h3-7,12H,1-2H3,(H,17,20)(H2,16,18,21). The maximum absolute atomic E-state index is 11.5. The maximum Gasteiger partial charge on any atom is 0.252 e. The van der Waals surface area contributed by atoms with Crippen molar-refractivity contribution in [2.75, 3.05) is 5.32 Å². The summed E-state index contributed by atoms with van der Waals surface area (Å²) in [4.78, 5) is 22.5. The molecular weight excluding hydrogens is 333 g/mol. The fourth-order valence-corrected chi connectivity index (χ4v) is 1.96. The molecule has 0 radical (unpaired) electrons. The second-order valence-electron chi connectivity index (χ2n) is 4.48. The van der Waals surface area contributed by atoms with E-state index in [1.165, 1.54) is 0 Å². The molecule has 21 heavy (non-hydrogen) atoms. The Morgan fingerprint density at radius 2 is 1.90 bits per heavy atom. The van der Waals surface area contributed by atoms with Crippen LogP contribution in [0.3, 0.4) is 0 Å². The molecule has 0 aliphatic carbocycles. The molecule has 0 saturated carbocycles. The van der Waals surface area contributed by atoms with Gasteiger partial charge in [-0.2, -0.15) is 0 Å². The fraction of sp³-hybridized carbons (Fsp3) is 0.308. The zero-order valence-electron chi connectivity index (χ0n) is 11.4. The van der Waals surface area contributed by atoms with E-state index in [0.717, 1.165) is 0 Å². The summed E-state index contributed by atoms with van der Waals surface area (Å²) in [6.07, 6.45) is 0. The number of amides is 1. The normalized spacial score (nSPS) is 11.7. The van der Waals surface area contributed by atoms with Gasteiger partial charge in [0.15, 0.2) is 10.7 Å². The molecule has 3 N–H and O–H groups in total. The van der Waals surface area contributed by atoms with Gasteiger partial charge in [-0.1, -0.05) is 31.5 Å². The quantitative estimate of drug-likeness (QED) is 0.251. The SMILES string of the molecule is CC(C)C(=O)NC(Cl)NC(=S)Nc1cccc(C(=O)Cl)c1. The molecule has 0 fully saturated rings. The van der Waals surface area contributed by atoms with Gasteiger partial charge < -0.3 is 16.0 Å². The Labute approximate surface area is 138 Å². The first-order valence-corrected chi connectivity index (χ1v) is 7.33. The molecule has 1 aromatic rings. The van der Waals surface area contributed by atoms with Crippen LogP contribution in [0.5, 0.6) is 0 Å². The summed E-state index contributed by atoms with van der Waals surface area (Å²) in [5.41, 5.74) is 0.0933. The molecule has 5 nitrogen and oxygen atoms in total. The van der Waals surface area contributed by atoms with E-state index in [1.807, 2.05) is 0 Å². The molecule has 0 saturated heterocycles. The van der Waals surface area contributed by atoms with Crippen molar-refractivity contribution in [3.8, 4) is 0 Å². The van der Waals surface area contributed by atoms with Gasteiger partial charge in [0, 0.05) is 17.2 Å². The van der Waals surface area contributed by atoms with Gasteiger partial charge in [0.05, 0.1) is 0 Å². The van der Waals surface area contributed by atoms with Crippen LogP contribution in [0.2, 0.25) is 0 Å². The number of halogens is 2. The third-order valence-electron chi connectivity index (χ3n) is 2.40. The highest BCUT2D eigenvalue weighted by Gasteiger charge is 2.13. The zero-order valence-corrected chi connectivity index (χ0v) is 13.8. The lowest BCUT2D eigenvalue weighted by atomic mass is 10.2. The number of hydrogen-bond donors (Lipinski definition) is 3.